The number of aromatic amines is 1. The first-order valence-corrected chi connectivity index (χ1v) is 9.78. The number of carbonyl (C=O) groups is 1. The number of nitrogens with zero attached hydrogens (tertiary/aromatic N) is 2. The number of carbonyl (C=O) groups excluding carboxylic acids is 1. The third kappa shape index (κ3) is 3.01. The summed E-state index contributed by atoms with van der Waals surface area (Å²) in [4.78, 5) is 26.5. The monoisotopic (exact) mass is 368 g/mol. The lowest BCUT2D eigenvalue weighted by Gasteiger charge is -2.31. The number of likely N-dealkylation sites (tertiary alicyclic amines) is 1. The van der Waals surface area contributed by atoms with Gasteiger partial charge in [0, 0.05) is 23.8 Å². The normalized spacial score (nSPS) is 21.9. The third-order valence-electron chi connectivity index (χ3n) is 5.47. The second kappa shape index (κ2) is 6.96. The summed E-state index contributed by atoms with van der Waals surface area (Å²) in [6.07, 6.45) is 6.00. The quantitative estimate of drug-likeness (QED) is 0.868. The molecule has 1 aliphatic carbocycles. The number of aromatic nitrogens is 1. The van der Waals surface area contributed by atoms with E-state index >= 15 is 0 Å². The van der Waals surface area contributed by atoms with E-state index in [1.165, 1.54) is 19.3 Å². The van der Waals surface area contributed by atoms with Crippen LogP contribution >= 0.6 is 11.5 Å². The van der Waals surface area contributed by atoms with Gasteiger partial charge in [0.25, 0.3) is 11.5 Å². The fraction of sp³-hybridized carbons (Fsp3) is 0.421. The predicted molar refractivity (Wildman–Crippen MR) is 101 cm³/mol. The largest absolute Gasteiger partial charge is 0.345 e. The van der Waals surface area contributed by atoms with Crippen molar-refractivity contribution in [1.82, 2.24) is 9.27 Å². The first-order chi connectivity index (χ1) is 12.7. The van der Waals surface area contributed by atoms with Crippen molar-refractivity contribution in [2.75, 3.05) is 11.9 Å². The van der Waals surface area contributed by atoms with Crippen molar-refractivity contribution in [1.29, 1.82) is 5.26 Å². The predicted octanol–water partition coefficient (Wildman–Crippen LogP) is 3.46. The van der Waals surface area contributed by atoms with Crippen LogP contribution in [-0.2, 0) is 0 Å². The van der Waals surface area contributed by atoms with E-state index in [1.807, 2.05) is 30.3 Å². The molecule has 1 aromatic carbocycles. The van der Waals surface area contributed by atoms with Gasteiger partial charge in [-0.05, 0) is 61.0 Å². The number of rotatable bonds is 3. The maximum Gasteiger partial charge on any atom is 0.278 e. The van der Waals surface area contributed by atoms with Crippen LogP contribution in [0.5, 0.6) is 0 Å². The van der Waals surface area contributed by atoms with Crippen LogP contribution in [0.25, 0.3) is 0 Å². The summed E-state index contributed by atoms with van der Waals surface area (Å²) < 4.78 is 2.54. The van der Waals surface area contributed by atoms with Crippen LogP contribution in [0.1, 0.15) is 48.0 Å². The van der Waals surface area contributed by atoms with E-state index in [2.05, 4.69) is 14.6 Å². The van der Waals surface area contributed by atoms with E-state index in [0.29, 0.717) is 22.5 Å². The molecule has 2 N–H and O–H groups in total. The minimum absolute atomic E-state index is 0.0792. The topological polar surface area (TPSA) is 89.0 Å². The van der Waals surface area contributed by atoms with Crippen LogP contribution in [0.2, 0.25) is 0 Å². The fourth-order valence-electron chi connectivity index (χ4n) is 4.14. The summed E-state index contributed by atoms with van der Waals surface area (Å²) in [6.45, 7) is 0.858. The number of fused-ring (bicyclic) bond motifs is 1. The van der Waals surface area contributed by atoms with Gasteiger partial charge in [-0.25, -0.2) is 0 Å². The zero-order valence-electron chi connectivity index (χ0n) is 14.3. The Kier molecular flexibility index (Phi) is 4.51. The summed E-state index contributed by atoms with van der Waals surface area (Å²) >= 11 is 1.09. The summed E-state index contributed by atoms with van der Waals surface area (Å²) in [7, 11) is 0. The van der Waals surface area contributed by atoms with Gasteiger partial charge in [0.05, 0.1) is 0 Å². The molecule has 0 bridgehead atoms. The van der Waals surface area contributed by atoms with Crippen molar-refractivity contribution in [3.05, 3.63) is 45.7 Å². The molecule has 1 aliphatic heterocycles. The van der Waals surface area contributed by atoms with Gasteiger partial charge in [0.2, 0.25) is 0 Å². The van der Waals surface area contributed by atoms with E-state index in [4.69, 9.17) is 5.26 Å². The van der Waals surface area contributed by atoms with Crippen molar-refractivity contribution in [3.8, 4) is 6.07 Å². The van der Waals surface area contributed by atoms with Gasteiger partial charge in [-0.2, -0.15) is 5.26 Å². The summed E-state index contributed by atoms with van der Waals surface area (Å²) in [6, 6.07) is 9.55. The van der Waals surface area contributed by atoms with E-state index in [0.717, 1.165) is 36.6 Å². The second-order valence-electron chi connectivity index (χ2n) is 6.95. The Morgan fingerprint density at radius 1 is 1.23 bits per heavy atom. The van der Waals surface area contributed by atoms with Crippen LogP contribution in [0, 0.1) is 17.2 Å². The Morgan fingerprint density at radius 3 is 2.77 bits per heavy atom. The number of benzene rings is 1. The third-order valence-corrected chi connectivity index (χ3v) is 6.27. The van der Waals surface area contributed by atoms with Crippen LogP contribution < -0.4 is 10.9 Å². The van der Waals surface area contributed by atoms with E-state index in [1.54, 1.807) is 0 Å². The molecule has 134 valence electrons. The molecule has 2 aromatic rings. The molecule has 1 saturated carbocycles. The highest BCUT2D eigenvalue weighted by Crippen LogP contribution is 2.37. The lowest BCUT2D eigenvalue weighted by molar-refractivity contribution is 0.0690. The zero-order valence-corrected chi connectivity index (χ0v) is 15.1. The number of nitrogens with one attached hydrogen (secondary N) is 2. The maximum atomic E-state index is 12.9. The average molecular weight is 368 g/mol. The fourth-order valence-corrected chi connectivity index (χ4v) is 4.85. The molecular formula is C19H20N4O2S. The Balaban J connectivity index is 1.48. The highest BCUT2D eigenvalue weighted by Gasteiger charge is 2.38. The molecule has 6 nitrogen and oxygen atoms in total. The minimum atomic E-state index is -0.386. The molecular weight excluding hydrogens is 348 g/mol. The molecule has 7 heteroatoms. The second-order valence-corrected chi connectivity index (χ2v) is 7.77. The summed E-state index contributed by atoms with van der Waals surface area (Å²) in [5.74, 6) is 0.782. The highest BCUT2D eigenvalue weighted by molar-refractivity contribution is 7.10. The van der Waals surface area contributed by atoms with Crippen molar-refractivity contribution in [2.45, 2.75) is 38.1 Å². The van der Waals surface area contributed by atoms with Gasteiger partial charge < -0.3 is 10.2 Å². The minimum Gasteiger partial charge on any atom is -0.345 e. The first kappa shape index (κ1) is 16.9. The zero-order chi connectivity index (χ0) is 18.1. The van der Waals surface area contributed by atoms with Gasteiger partial charge in [-0.15, -0.1) is 0 Å². The van der Waals surface area contributed by atoms with Crippen LogP contribution in [0.3, 0.4) is 0 Å². The Hall–Kier alpha value is -2.59. The molecule has 4 rings (SSSR count). The molecule has 2 heterocycles. The number of amides is 1. The summed E-state index contributed by atoms with van der Waals surface area (Å²) in [5, 5.41) is 12.6. The standard InChI is InChI=1S/C19H20N4O2S/c20-11-15-17(24)22-26-18(15)21-14-7-5-13(6-8-14)19(25)23-10-9-12-3-1-2-4-16(12)23/h5-8,12,16,21H,1-4,9-10H2,(H,22,24)/t12?,16-/m1/s1. The lowest BCUT2D eigenvalue weighted by Crippen LogP contribution is -2.39. The number of hydrogen-bond acceptors (Lipinski definition) is 5. The number of H-pyrrole nitrogens is 1. The van der Waals surface area contributed by atoms with E-state index < -0.39 is 0 Å². The molecule has 2 atom stereocenters. The molecule has 1 unspecified atom stereocenters. The van der Waals surface area contributed by atoms with Crippen molar-refractivity contribution < 1.29 is 4.79 Å². The molecule has 1 aromatic heterocycles. The first-order valence-electron chi connectivity index (χ1n) is 8.97. The Morgan fingerprint density at radius 2 is 2.00 bits per heavy atom. The Bertz CT molecular complexity index is 909. The van der Waals surface area contributed by atoms with E-state index in [9.17, 15) is 9.59 Å². The molecule has 0 radical (unpaired) electrons. The number of nitriles is 1. The highest BCUT2D eigenvalue weighted by atomic mass is 32.1. The molecule has 26 heavy (non-hydrogen) atoms. The number of anilines is 2. The van der Waals surface area contributed by atoms with E-state index in [-0.39, 0.29) is 17.0 Å². The maximum absolute atomic E-state index is 12.9. The molecule has 1 amide bonds. The lowest BCUT2D eigenvalue weighted by atomic mass is 9.85. The van der Waals surface area contributed by atoms with Gasteiger partial charge >= 0.3 is 0 Å². The van der Waals surface area contributed by atoms with Crippen molar-refractivity contribution >= 4 is 28.1 Å². The van der Waals surface area contributed by atoms with Crippen molar-refractivity contribution in [3.63, 3.8) is 0 Å². The SMILES string of the molecule is N#Cc1c(Nc2ccc(C(=O)N3CCC4CCCC[C@H]43)cc2)s[nH]c1=O. The van der Waals surface area contributed by atoms with Crippen LogP contribution in [0.4, 0.5) is 10.7 Å². The smallest absolute Gasteiger partial charge is 0.278 e. The van der Waals surface area contributed by atoms with Crippen LogP contribution in [-0.4, -0.2) is 27.8 Å². The van der Waals surface area contributed by atoms with Gasteiger partial charge in [-0.1, -0.05) is 12.8 Å². The average Bonchev–Trinajstić information content (AvgIpc) is 3.25. The molecule has 2 aliphatic rings. The summed E-state index contributed by atoms with van der Waals surface area (Å²) in [5.41, 5.74) is 1.12. The molecule has 2 fully saturated rings. The van der Waals surface area contributed by atoms with Gasteiger partial charge in [0.1, 0.15) is 11.1 Å². The van der Waals surface area contributed by atoms with Crippen molar-refractivity contribution in [2.24, 2.45) is 5.92 Å². The number of hydrogen-bond donors (Lipinski definition) is 2. The van der Waals surface area contributed by atoms with Crippen LogP contribution in [0.15, 0.2) is 29.1 Å². The molecule has 0 spiro atoms. The Labute approximate surface area is 155 Å². The van der Waals surface area contributed by atoms with Gasteiger partial charge in [-0.3, -0.25) is 14.0 Å². The van der Waals surface area contributed by atoms with Gasteiger partial charge in [0.15, 0.2) is 5.56 Å². The molecule has 1 saturated heterocycles.